The Hall–Kier alpha value is -1.43. The van der Waals surface area contributed by atoms with Crippen molar-refractivity contribution in [2.24, 2.45) is 12.8 Å². The molecule has 1 aromatic heterocycles. The minimum absolute atomic E-state index is 0.101. The van der Waals surface area contributed by atoms with Crippen molar-refractivity contribution >= 4 is 23.1 Å². The zero-order valence-electron chi connectivity index (χ0n) is 9.94. The van der Waals surface area contributed by atoms with Crippen molar-refractivity contribution in [1.82, 2.24) is 14.7 Å². The van der Waals surface area contributed by atoms with Crippen LogP contribution in [0.15, 0.2) is 0 Å². The van der Waals surface area contributed by atoms with Gasteiger partial charge in [-0.2, -0.15) is 5.10 Å². The van der Waals surface area contributed by atoms with Gasteiger partial charge < -0.3 is 10.6 Å². The number of carbonyl (C=O) groups is 1. The van der Waals surface area contributed by atoms with Crippen molar-refractivity contribution < 1.29 is 4.79 Å². The highest BCUT2D eigenvalue weighted by Gasteiger charge is 2.20. The molecule has 0 radical (unpaired) electrons. The molecular weight excluding hydrogens is 224 g/mol. The lowest BCUT2D eigenvalue weighted by Gasteiger charge is -2.16. The summed E-state index contributed by atoms with van der Waals surface area (Å²) < 4.78 is 1.69. The molecule has 0 aromatic carbocycles. The van der Waals surface area contributed by atoms with E-state index in [4.69, 9.17) is 18.0 Å². The number of nitrogens with zero attached hydrogens (tertiary/aromatic N) is 3. The number of aromatic nitrogens is 2. The molecule has 5 nitrogen and oxygen atoms in total. The number of carbonyl (C=O) groups excluding carboxylic acids is 1. The Morgan fingerprint density at radius 3 is 2.50 bits per heavy atom. The third-order valence-corrected chi connectivity index (χ3v) is 2.59. The summed E-state index contributed by atoms with van der Waals surface area (Å²) in [5.41, 5.74) is 7.60. The van der Waals surface area contributed by atoms with Crippen molar-refractivity contribution in [3.05, 3.63) is 17.0 Å². The van der Waals surface area contributed by atoms with E-state index in [0.717, 1.165) is 11.4 Å². The number of rotatable bonds is 3. The van der Waals surface area contributed by atoms with E-state index in [1.165, 1.54) is 4.90 Å². The van der Waals surface area contributed by atoms with Gasteiger partial charge in [-0.1, -0.05) is 12.2 Å². The standard InChI is InChI=1S/C10H16N4OS/c1-6-9(7(2)14(4)12-6)10(15)13(3)5-8(11)16/h5H2,1-4H3,(H2,11,16). The van der Waals surface area contributed by atoms with Gasteiger partial charge in [-0.3, -0.25) is 9.48 Å². The van der Waals surface area contributed by atoms with Gasteiger partial charge in [0.05, 0.1) is 22.8 Å². The molecule has 0 aliphatic carbocycles. The predicted octanol–water partition coefficient (Wildman–Crippen LogP) is 0.395. The van der Waals surface area contributed by atoms with Crippen LogP contribution in [0.3, 0.4) is 0 Å². The van der Waals surface area contributed by atoms with Gasteiger partial charge in [-0.05, 0) is 13.8 Å². The van der Waals surface area contributed by atoms with Crippen LogP contribution >= 0.6 is 12.2 Å². The maximum absolute atomic E-state index is 12.1. The Balaban J connectivity index is 3.00. The summed E-state index contributed by atoms with van der Waals surface area (Å²) in [5.74, 6) is -0.101. The molecule has 1 aromatic rings. The highest BCUT2D eigenvalue weighted by Crippen LogP contribution is 2.13. The molecule has 1 amide bonds. The van der Waals surface area contributed by atoms with Gasteiger partial charge in [0, 0.05) is 19.8 Å². The van der Waals surface area contributed by atoms with Crippen molar-refractivity contribution in [3.63, 3.8) is 0 Å². The molecule has 0 aliphatic rings. The molecule has 6 heteroatoms. The molecule has 0 unspecified atom stereocenters. The van der Waals surface area contributed by atoms with Crippen molar-refractivity contribution in [2.45, 2.75) is 13.8 Å². The minimum Gasteiger partial charge on any atom is -0.392 e. The van der Waals surface area contributed by atoms with Crippen LogP contribution in [0.2, 0.25) is 0 Å². The van der Waals surface area contributed by atoms with Crippen LogP contribution in [0.4, 0.5) is 0 Å². The zero-order valence-corrected chi connectivity index (χ0v) is 10.8. The molecule has 0 saturated carbocycles. The molecule has 0 bridgehead atoms. The Morgan fingerprint density at radius 2 is 2.12 bits per heavy atom. The number of hydrogen-bond donors (Lipinski definition) is 1. The van der Waals surface area contributed by atoms with Crippen LogP contribution in [0.25, 0.3) is 0 Å². The Bertz CT molecular complexity index is 438. The van der Waals surface area contributed by atoms with E-state index < -0.39 is 0 Å². The van der Waals surface area contributed by atoms with Gasteiger partial charge in [-0.25, -0.2) is 0 Å². The maximum Gasteiger partial charge on any atom is 0.257 e. The minimum atomic E-state index is -0.101. The molecular formula is C10H16N4OS. The summed E-state index contributed by atoms with van der Waals surface area (Å²) in [5, 5.41) is 4.20. The molecule has 1 heterocycles. The second kappa shape index (κ2) is 4.61. The SMILES string of the molecule is Cc1nn(C)c(C)c1C(=O)N(C)CC(N)=S. The number of aryl methyl sites for hydroxylation is 2. The molecule has 0 saturated heterocycles. The van der Waals surface area contributed by atoms with Gasteiger partial charge >= 0.3 is 0 Å². The lowest BCUT2D eigenvalue weighted by atomic mass is 10.1. The first-order valence-electron chi connectivity index (χ1n) is 4.88. The molecule has 88 valence electrons. The molecule has 0 fully saturated rings. The largest absolute Gasteiger partial charge is 0.392 e. The second-order valence-corrected chi connectivity index (χ2v) is 4.32. The van der Waals surface area contributed by atoms with Gasteiger partial charge in [0.15, 0.2) is 0 Å². The van der Waals surface area contributed by atoms with E-state index >= 15 is 0 Å². The number of nitrogens with two attached hydrogens (primary N) is 1. The van der Waals surface area contributed by atoms with E-state index in [0.29, 0.717) is 10.6 Å². The molecule has 1 rings (SSSR count). The van der Waals surface area contributed by atoms with E-state index in [2.05, 4.69) is 5.10 Å². The average molecular weight is 240 g/mol. The van der Waals surface area contributed by atoms with Crippen LogP contribution < -0.4 is 5.73 Å². The average Bonchev–Trinajstić information content (AvgIpc) is 2.39. The molecule has 2 N–H and O–H groups in total. The zero-order chi connectivity index (χ0) is 12.5. The summed E-state index contributed by atoms with van der Waals surface area (Å²) in [6.07, 6.45) is 0. The Labute approximate surface area is 100 Å². The van der Waals surface area contributed by atoms with E-state index in [1.807, 2.05) is 20.9 Å². The second-order valence-electron chi connectivity index (χ2n) is 3.80. The van der Waals surface area contributed by atoms with Gasteiger partial charge in [-0.15, -0.1) is 0 Å². The lowest BCUT2D eigenvalue weighted by molar-refractivity contribution is 0.0813. The first-order valence-corrected chi connectivity index (χ1v) is 5.29. The van der Waals surface area contributed by atoms with Gasteiger partial charge in [0.25, 0.3) is 5.91 Å². The molecule has 0 aliphatic heterocycles. The van der Waals surface area contributed by atoms with E-state index in [9.17, 15) is 4.79 Å². The summed E-state index contributed by atoms with van der Waals surface area (Å²) >= 11 is 4.77. The number of amides is 1. The molecule has 16 heavy (non-hydrogen) atoms. The summed E-state index contributed by atoms with van der Waals surface area (Å²) in [6, 6.07) is 0. The lowest BCUT2D eigenvalue weighted by Crippen LogP contribution is -2.35. The predicted molar refractivity (Wildman–Crippen MR) is 66.4 cm³/mol. The quantitative estimate of drug-likeness (QED) is 0.777. The fraction of sp³-hybridized carbons (Fsp3) is 0.500. The van der Waals surface area contributed by atoms with E-state index in [1.54, 1.807) is 11.7 Å². The molecule has 0 atom stereocenters. The van der Waals surface area contributed by atoms with E-state index in [-0.39, 0.29) is 12.5 Å². The topological polar surface area (TPSA) is 64.2 Å². The van der Waals surface area contributed by atoms with Crippen molar-refractivity contribution in [1.29, 1.82) is 0 Å². The van der Waals surface area contributed by atoms with Crippen LogP contribution in [-0.2, 0) is 7.05 Å². The third-order valence-electron chi connectivity index (χ3n) is 2.46. The fourth-order valence-corrected chi connectivity index (χ4v) is 1.77. The maximum atomic E-state index is 12.1. The Kier molecular flexibility index (Phi) is 3.64. The van der Waals surface area contributed by atoms with Crippen molar-refractivity contribution in [2.75, 3.05) is 13.6 Å². The highest BCUT2D eigenvalue weighted by atomic mass is 32.1. The van der Waals surface area contributed by atoms with Crippen LogP contribution in [0.5, 0.6) is 0 Å². The van der Waals surface area contributed by atoms with Gasteiger partial charge in [0.2, 0.25) is 0 Å². The first kappa shape index (κ1) is 12.6. The van der Waals surface area contributed by atoms with Crippen LogP contribution in [-0.4, -0.2) is 39.2 Å². The monoisotopic (exact) mass is 240 g/mol. The van der Waals surface area contributed by atoms with Crippen molar-refractivity contribution in [3.8, 4) is 0 Å². The summed E-state index contributed by atoms with van der Waals surface area (Å²) in [6.45, 7) is 3.96. The smallest absolute Gasteiger partial charge is 0.257 e. The highest BCUT2D eigenvalue weighted by molar-refractivity contribution is 7.80. The van der Waals surface area contributed by atoms with Crippen LogP contribution in [0.1, 0.15) is 21.7 Å². The molecule has 0 spiro atoms. The summed E-state index contributed by atoms with van der Waals surface area (Å²) in [7, 11) is 3.49. The summed E-state index contributed by atoms with van der Waals surface area (Å²) in [4.78, 5) is 13.9. The first-order chi connectivity index (χ1) is 7.34. The van der Waals surface area contributed by atoms with Gasteiger partial charge in [0.1, 0.15) is 0 Å². The van der Waals surface area contributed by atoms with Crippen LogP contribution in [0, 0.1) is 13.8 Å². The fourth-order valence-electron chi connectivity index (χ4n) is 1.58. The third kappa shape index (κ3) is 2.38. The Morgan fingerprint density at radius 1 is 1.56 bits per heavy atom. The normalized spacial score (nSPS) is 10.2. The number of hydrogen-bond acceptors (Lipinski definition) is 3. The number of thiocarbonyl (C=S) groups is 1. The number of likely N-dealkylation sites (N-methyl/N-ethyl adjacent to an activating group) is 1.